The largest absolute Gasteiger partial charge is 0.350 e. The van der Waals surface area contributed by atoms with Gasteiger partial charge in [-0.25, -0.2) is 0 Å². The van der Waals surface area contributed by atoms with Crippen LogP contribution in [0.5, 0.6) is 0 Å². The summed E-state index contributed by atoms with van der Waals surface area (Å²) < 4.78 is 27.6. The van der Waals surface area contributed by atoms with Gasteiger partial charge in [-0.15, -0.1) is 10.2 Å². The van der Waals surface area contributed by atoms with E-state index in [1.165, 1.54) is 24.3 Å². The number of halogens is 1. The van der Waals surface area contributed by atoms with E-state index in [9.17, 15) is 18.0 Å². The molecule has 0 aliphatic carbocycles. The van der Waals surface area contributed by atoms with Crippen LogP contribution in [-0.2, 0) is 10.0 Å². The maximum absolute atomic E-state index is 12.8. The molecule has 2 amide bonds. The van der Waals surface area contributed by atoms with E-state index in [-0.39, 0.29) is 26.8 Å². The number of benzene rings is 2. The van der Waals surface area contributed by atoms with E-state index in [1.54, 1.807) is 24.3 Å². The minimum absolute atomic E-state index is 0.00752. The van der Waals surface area contributed by atoms with E-state index in [4.69, 9.17) is 11.6 Å². The van der Waals surface area contributed by atoms with Gasteiger partial charge >= 0.3 is 0 Å². The fourth-order valence-electron chi connectivity index (χ4n) is 2.50. The first kappa shape index (κ1) is 23.6. The molecule has 2 aromatic carbocycles. The average molecular weight is 494 g/mol. The Labute approximate surface area is 194 Å². The monoisotopic (exact) mass is 493 g/mol. The van der Waals surface area contributed by atoms with Crippen molar-refractivity contribution in [3.05, 3.63) is 64.7 Å². The Hall–Kier alpha value is -3.02. The SMILES string of the molecule is CC[C@H](C)NC(=O)c1ccccc1NS(=O)(=O)c1nnc(NC(=O)c2ccc(Cl)cc2)s1. The van der Waals surface area contributed by atoms with Crippen molar-refractivity contribution in [2.75, 3.05) is 10.0 Å². The van der Waals surface area contributed by atoms with Gasteiger partial charge in [-0.05, 0) is 49.7 Å². The molecule has 1 aromatic heterocycles. The lowest BCUT2D eigenvalue weighted by molar-refractivity contribution is 0.0939. The lowest BCUT2D eigenvalue weighted by Crippen LogP contribution is -2.32. The summed E-state index contributed by atoms with van der Waals surface area (Å²) in [6.45, 7) is 3.78. The van der Waals surface area contributed by atoms with Gasteiger partial charge in [-0.3, -0.25) is 19.6 Å². The molecule has 1 atom stereocenters. The second-order valence-electron chi connectivity index (χ2n) is 6.77. The first-order valence-electron chi connectivity index (χ1n) is 9.52. The number of carbonyl (C=O) groups is 2. The predicted molar refractivity (Wildman–Crippen MR) is 124 cm³/mol. The molecule has 0 unspecified atom stereocenters. The van der Waals surface area contributed by atoms with Crippen LogP contribution in [0.25, 0.3) is 0 Å². The van der Waals surface area contributed by atoms with Crippen LogP contribution in [0.3, 0.4) is 0 Å². The molecule has 0 saturated heterocycles. The van der Waals surface area contributed by atoms with Gasteiger partial charge in [0.15, 0.2) is 0 Å². The number of hydrogen-bond donors (Lipinski definition) is 3. The summed E-state index contributed by atoms with van der Waals surface area (Å²) in [5, 5.41) is 13.2. The van der Waals surface area contributed by atoms with E-state index in [0.29, 0.717) is 21.9 Å². The van der Waals surface area contributed by atoms with E-state index < -0.39 is 21.8 Å². The summed E-state index contributed by atoms with van der Waals surface area (Å²) >= 11 is 6.49. The second kappa shape index (κ2) is 10.1. The Morgan fingerprint density at radius 1 is 1.06 bits per heavy atom. The Morgan fingerprint density at radius 2 is 1.75 bits per heavy atom. The maximum atomic E-state index is 12.8. The van der Waals surface area contributed by atoms with Crippen LogP contribution in [0, 0.1) is 0 Å². The van der Waals surface area contributed by atoms with Gasteiger partial charge in [-0.2, -0.15) is 8.42 Å². The lowest BCUT2D eigenvalue weighted by atomic mass is 10.1. The number of hydrogen-bond acceptors (Lipinski definition) is 7. The molecule has 0 aliphatic rings. The molecule has 12 heteroatoms. The summed E-state index contributed by atoms with van der Waals surface area (Å²) in [6, 6.07) is 12.4. The molecule has 168 valence electrons. The zero-order chi connectivity index (χ0) is 23.3. The normalized spacial score (nSPS) is 12.1. The first-order valence-corrected chi connectivity index (χ1v) is 12.2. The molecule has 0 saturated carbocycles. The summed E-state index contributed by atoms with van der Waals surface area (Å²) in [7, 11) is -4.14. The van der Waals surface area contributed by atoms with Crippen LogP contribution < -0.4 is 15.4 Å². The number of rotatable bonds is 8. The zero-order valence-corrected chi connectivity index (χ0v) is 19.5. The summed E-state index contributed by atoms with van der Waals surface area (Å²) in [5.41, 5.74) is 0.612. The highest BCUT2D eigenvalue weighted by atomic mass is 35.5. The molecule has 3 aromatic rings. The minimum atomic E-state index is -4.14. The van der Waals surface area contributed by atoms with Crippen LogP contribution in [0.1, 0.15) is 41.0 Å². The molecule has 1 heterocycles. The van der Waals surface area contributed by atoms with E-state index in [2.05, 4.69) is 25.6 Å². The van der Waals surface area contributed by atoms with E-state index in [0.717, 1.165) is 6.42 Å². The molecular formula is C20H20ClN5O4S2. The minimum Gasteiger partial charge on any atom is -0.350 e. The van der Waals surface area contributed by atoms with E-state index in [1.807, 2.05) is 13.8 Å². The number of para-hydroxylation sites is 1. The van der Waals surface area contributed by atoms with Crippen LogP contribution in [0.4, 0.5) is 10.8 Å². The van der Waals surface area contributed by atoms with Gasteiger partial charge in [0.25, 0.3) is 26.2 Å². The quantitative estimate of drug-likeness (QED) is 0.409. The van der Waals surface area contributed by atoms with Gasteiger partial charge in [0.1, 0.15) is 0 Å². The van der Waals surface area contributed by atoms with Crippen molar-refractivity contribution >= 4 is 55.6 Å². The third kappa shape index (κ3) is 5.81. The molecule has 3 N–H and O–H groups in total. The number of nitrogens with one attached hydrogen (secondary N) is 3. The smallest absolute Gasteiger partial charge is 0.291 e. The van der Waals surface area contributed by atoms with Crippen LogP contribution in [-0.4, -0.2) is 36.5 Å². The Kier molecular flexibility index (Phi) is 7.44. The van der Waals surface area contributed by atoms with Crippen molar-refractivity contribution in [1.29, 1.82) is 0 Å². The molecule has 0 radical (unpaired) electrons. The summed E-state index contributed by atoms with van der Waals surface area (Å²) in [5.74, 6) is -0.882. The topological polar surface area (TPSA) is 130 Å². The van der Waals surface area contributed by atoms with Crippen LogP contribution in [0.15, 0.2) is 52.9 Å². The Balaban J connectivity index is 1.76. The maximum Gasteiger partial charge on any atom is 0.291 e. The Morgan fingerprint density at radius 3 is 2.44 bits per heavy atom. The molecule has 0 bridgehead atoms. The zero-order valence-electron chi connectivity index (χ0n) is 17.1. The number of anilines is 2. The summed E-state index contributed by atoms with van der Waals surface area (Å²) in [4.78, 5) is 24.8. The van der Waals surface area contributed by atoms with E-state index >= 15 is 0 Å². The molecule has 0 spiro atoms. The number of sulfonamides is 1. The standard InChI is InChI=1S/C20H20ClN5O4S2/c1-3-12(2)22-18(28)15-6-4-5-7-16(15)26-32(29,30)20-25-24-19(31-20)23-17(27)13-8-10-14(21)11-9-13/h4-12,26H,3H2,1-2H3,(H,22,28)(H,23,24,27)/t12-/m0/s1. The fourth-order valence-corrected chi connectivity index (χ4v) is 4.60. The average Bonchev–Trinajstić information content (AvgIpc) is 3.23. The third-order valence-electron chi connectivity index (χ3n) is 4.37. The Bertz CT molecular complexity index is 1230. The number of carbonyl (C=O) groups excluding carboxylic acids is 2. The molecule has 0 fully saturated rings. The van der Waals surface area contributed by atoms with Gasteiger partial charge in [0.05, 0.1) is 11.3 Å². The third-order valence-corrected chi connectivity index (χ3v) is 7.19. The number of amides is 2. The highest BCUT2D eigenvalue weighted by Crippen LogP contribution is 2.25. The van der Waals surface area contributed by atoms with Gasteiger partial charge in [0.2, 0.25) is 5.13 Å². The molecular weight excluding hydrogens is 474 g/mol. The number of nitrogens with zero attached hydrogens (tertiary/aromatic N) is 2. The molecule has 3 rings (SSSR count). The predicted octanol–water partition coefficient (Wildman–Crippen LogP) is 3.77. The van der Waals surface area contributed by atoms with Crippen molar-refractivity contribution in [1.82, 2.24) is 15.5 Å². The van der Waals surface area contributed by atoms with Gasteiger partial charge in [-0.1, -0.05) is 42.0 Å². The molecule has 32 heavy (non-hydrogen) atoms. The van der Waals surface area contributed by atoms with Gasteiger partial charge < -0.3 is 5.32 Å². The second-order valence-corrected chi connectivity index (χ2v) is 10.0. The highest BCUT2D eigenvalue weighted by Gasteiger charge is 2.24. The highest BCUT2D eigenvalue weighted by molar-refractivity contribution is 7.94. The molecule has 9 nitrogen and oxygen atoms in total. The van der Waals surface area contributed by atoms with Crippen molar-refractivity contribution in [2.24, 2.45) is 0 Å². The lowest BCUT2D eigenvalue weighted by Gasteiger charge is -2.14. The van der Waals surface area contributed by atoms with Crippen molar-refractivity contribution in [3.63, 3.8) is 0 Å². The fraction of sp³-hybridized carbons (Fsp3) is 0.200. The number of aromatic nitrogens is 2. The van der Waals surface area contributed by atoms with Crippen molar-refractivity contribution in [2.45, 2.75) is 30.6 Å². The van der Waals surface area contributed by atoms with Crippen molar-refractivity contribution < 1.29 is 18.0 Å². The van der Waals surface area contributed by atoms with Crippen LogP contribution in [0.2, 0.25) is 5.02 Å². The van der Waals surface area contributed by atoms with Gasteiger partial charge in [0, 0.05) is 16.6 Å². The van der Waals surface area contributed by atoms with Crippen LogP contribution >= 0.6 is 22.9 Å². The molecule has 0 aliphatic heterocycles. The summed E-state index contributed by atoms with van der Waals surface area (Å²) in [6.07, 6.45) is 0.731. The van der Waals surface area contributed by atoms with Crippen molar-refractivity contribution in [3.8, 4) is 0 Å². The first-order chi connectivity index (χ1) is 15.2.